The zero-order valence-electron chi connectivity index (χ0n) is 10.9. The van der Waals surface area contributed by atoms with Crippen molar-refractivity contribution in [1.82, 2.24) is 14.4 Å². The highest BCUT2D eigenvalue weighted by molar-refractivity contribution is 8.08. The van der Waals surface area contributed by atoms with E-state index in [0.29, 0.717) is 32.0 Å². The van der Waals surface area contributed by atoms with Gasteiger partial charge in [0, 0.05) is 12.4 Å². The Bertz CT molecular complexity index is 894. The van der Waals surface area contributed by atoms with Crippen LogP contribution in [0.1, 0.15) is 17.0 Å². The van der Waals surface area contributed by atoms with Gasteiger partial charge in [-0.2, -0.15) is 0 Å². The summed E-state index contributed by atoms with van der Waals surface area (Å²) in [6.07, 6.45) is 0.0445. The van der Waals surface area contributed by atoms with Crippen LogP contribution in [0.3, 0.4) is 0 Å². The van der Waals surface area contributed by atoms with Gasteiger partial charge in [0.05, 0.1) is 26.0 Å². The second-order valence-electron chi connectivity index (χ2n) is 4.36. The molecule has 0 aliphatic heterocycles. The Hall–Kier alpha value is -1.09. The van der Waals surface area contributed by atoms with Crippen molar-refractivity contribution in [3.8, 4) is 10.8 Å². The minimum Gasteiger partial charge on any atom is -0.295 e. The van der Waals surface area contributed by atoms with Crippen molar-refractivity contribution in [2.75, 3.05) is 0 Å². The van der Waals surface area contributed by atoms with Gasteiger partial charge in [-0.05, 0) is 23.7 Å². The predicted molar refractivity (Wildman–Crippen MR) is 83.3 cm³/mol. The molecule has 1 atom stereocenters. The van der Waals surface area contributed by atoms with Gasteiger partial charge in [0.25, 0.3) is 6.43 Å². The van der Waals surface area contributed by atoms with E-state index >= 15 is 0 Å². The normalized spacial score (nSPS) is 13.2. The monoisotopic (exact) mass is 381 g/mol. The summed E-state index contributed by atoms with van der Waals surface area (Å²) in [6.45, 7) is 1.74. The fourth-order valence-electron chi connectivity index (χ4n) is 2.05. The molecule has 0 saturated carbocycles. The lowest BCUT2D eigenvalue weighted by Crippen LogP contribution is -1.93. The van der Waals surface area contributed by atoms with Crippen LogP contribution in [0.5, 0.6) is 0 Å². The minimum atomic E-state index is -2.59. The Morgan fingerprint density at radius 3 is 2.77 bits per heavy atom. The Labute approximate surface area is 139 Å². The molecule has 0 saturated heterocycles. The first-order valence-corrected chi connectivity index (χ1v) is 9.06. The lowest BCUT2D eigenvalue weighted by Gasteiger charge is -2.03. The van der Waals surface area contributed by atoms with Crippen molar-refractivity contribution in [3.05, 3.63) is 34.1 Å². The Kier molecular flexibility index (Phi) is 4.19. The summed E-state index contributed by atoms with van der Waals surface area (Å²) in [5, 5.41) is 0.653. The van der Waals surface area contributed by atoms with Gasteiger partial charge in [-0.3, -0.25) is 4.40 Å². The topological polar surface area (TPSA) is 47.3 Å². The number of imidazole rings is 1. The van der Waals surface area contributed by atoms with Crippen LogP contribution in [0.2, 0.25) is 5.02 Å². The van der Waals surface area contributed by atoms with Crippen molar-refractivity contribution in [2.24, 2.45) is 0 Å². The zero-order chi connectivity index (χ0) is 16.0. The van der Waals surface area contributed by atoms with Crippen LogP contribution >= 0.6 is 33.6 Å². The first kappa shape index (κ1) is 15.8. The fourth-order valence-corrected chi connectivity index (χ4v) is 3.87. The molecule has 3 heterocycles. The summed E-state index contributed by atoms with van der Waals surface area (Å²) < 4.78 is 38.5. The third-order valence-corrected chi connectivity index (χ3v) is 5.37. The maximum Gasteiger partial charge on any atom is 0.274 e. The molecule has 3 aromatic heterocycles. The number of aryl methyl sites for hydroxylation is 1. The lowest BCUT2D eigenvalue weighted by atomic mass is 10.3. The Morgan fingerprint density at radius 1 is 1.45 bits per heavy atom. The van der Waals surface area contributed by atoms with Gasteiger partial charge in [-0.25, -0.2) is 23.0 Å². The number of nitrogens with zero attached hydrogens (tertiary/aromatic N) is 3. The molecule has 0 fully saturated rings. The molecule has 0 N–H and O–H groups in total. The van der Waals surface area contributed by atoms with Crippen molar-refractivity contribution in [2.45, 2.75) is 18.2 Å². The molecule has 0 aliphatic rings. The second kappa shape index (κ2) is 5.84. The molecule has 0 spiro atoms. The van der Waals surface area contributed by atoms with E-state index in [2.05, 4.69) is 9.97 Å². The predicted octanol–water partition coefficient (Wildman–Crippen LogP) is 4.62. The van der Waals surface area contributed by atoms with Crippen molar-refractivity contribution < 1.29 is 13.0 Å². The van der Waals surface area contributed by atoms with Gasteiger partial charge in [0.1, 0.15) is 10.0 Å². The molecule has 22 heavy (non-hydrogen) atoms. The summed E-state index contributed by atoms with van der Waals surface area (Å²) in [5.74, 6) is 0.357. The fraction of sp³-hybridized carbons (Fsp3) is 0.167. The Balaban J connectivity index is 2.27. The first-order chi connectivity index (χ1) is 10.4. The van der Waals surface area contributed by atoms with Crippen LogP contribution in [0.15, 0.2) is 23.4 Å². The van der Waals surface area contributed by atoms with Crippen LogP contribution in [0.4, 0.5) is 8.78 Å². The molecule has 116 valence electrons. The van der Waals surface area contributed by atoms with Gasteiger partial charge in [-0.15, -0.1) is 11.3 Å². The van der Waals surface area contributed by atoms with Crippen molar-refractivity contribution in [1.29, 1.82) is 0 Å². The zero-order valence-corrected chi connectivity index (χ0v) is 14.0. The Morgan fingerprint density at radius 2 is 2.18 bits per heavy atom. The molecule has 4 nitrogen and oxygen atoms in total. The number of rotatable bonds is 3. The highest BCUT2D eigenvalue weighted by Crippen LogP contribution is 2.34. The summed E-state index contributed by atoms with van der Waals surface area (Å²) in [7, 11) is 3.84. The average molecular weight is 382 g/mol. The molecule has 1 unspecified atom stereocenters. The molecule has 0 aliphatic carbocycles. The molecule has 0 radical (unpaired) electrons. The van der Waals surface area contributed by atoms with E-state index in [1.165, 1.54) is 12.3 Å². The quantitative estimate of drug-likeness (QED) is 0.621. The first-order valence-electron chi connectivity index (χ1n) is 5.89. The van der Waals surface area contributed by atoms with Crippen LogP contribution in [-0.4, -0.2) is 18.6 Å². The summed E-state index contributed by atoms with van der Waals surface area (Å²) in [5.41, 5.74) is 1.21. The van der Waals surface area contributed by atoms with E-state index in [1.807, 2.05) is 0 Å². The molecule has 3 rings (SSSR count). The van der Waals surface area contributed by atoms with E-state index in [4.69, 9.17) is 22.3 Å². The number of alkyl halides is 2. The largest absolute Gasteiger partial charge is 0.295 e. The van der Waals surface area contributed by atoms with E-state index in [0.717, 1.165) is 17.5 Å². The van der Waals surface area contributed by atoms with E-state index in [1.54, 1.807) is 11.3 Å². The molecule has 0 amide bonds. The maximum atomic E-state index is 12.7. The third kappa shape index (κ3) is 2.64. The van der Waals surface area contributed by atoms with E-state index < -0.39 is 16.4 Å². The van der Waals surface area contributed by atoms with Gasteiger partial charge in [0.2, 0.25) is 0 Å². The molecule has 0 aromatic carbocycles. The van der Waals surface area contributed by atoms with E-state index in [-0.39, 0.29) is 4.88 Å². The van der Waals surface area contributed by atoms with Crippen molar-refractivity contribution >= 4 is 49.1 Å². The van der Waals surface area contributed by atoms with Crippen molar-refractivity contribution in [3.63, 3.8) is 0 Å². The van der Waals surface area contributed by atoms with Crippen LogP contribution < -0.4 is 0 Å². The number of fused-ring (bicyclic) bond motifs is 1. The molecular formula is C12H7Cl2F2N3OS2. The number of thiazole rings is 1. The summed E-state index contributed by atoms with van der Waals surface area (Å²) in [4.78, 5) is 8.46. The number of pyridine rings is 1. The average Bonchev–Trinajstić information content (AvgIpc) is 3.03. The highest BCUT2D eigenvalue weighted by Gasteiger charge is 2.19. The van der Waals surface area contributed by atoms with E-state index in [9.17, 15) is 13.0 Å². The number of aromatic nitrogens is 3. The van der Waals surface area contributed by atoms with Gasteiger partial charge >= 0.3 is 0 Å². The number of hydrogen-bond acceptors (Lipinski definition) is 4. The standard InChI is InChI=1S/C12H7Cl2F2N3OS2/c1-5-9-7(13)2-6(22(14)20)4-19(9)11(18-5)12-17-3-8(21-12)10(15)16/h2-4,10H,1H3. The third-order valence-electron chi connectivity index (χ3n) is 2.95. The molecule has 3 aromatic rings. The molecular weight excluding hydrogens is 375 g/mol. The van der Waals surface area contributed by atoms with Crippen LogP contribution in [-0.2, 0) is 10.0 Å². The lowest BCUT2D eigenvalue weighted by molar-refractivity contribution is 0.155. The summed E-state index contributed by atoms with van der Waals surface area (Å²) >= 11 is 7.02. The van der Waals surface area contributed by atoms with Gasteiger partial charge in [-0.1, -0.05) is 11.6 Å². The SMILES string of the molecule is Cc1nc(-c2ncc(C(F)F)s2)n2cc(S(=O)Cl)cc(Cl)c12. The molecule has 10 heteroatoms. The van der Waals surface area contributed by atoms with Gasteiger partial charge < -0.3 is 0 Å². The highest BCUT2D eigenvalue weighted by atomic mass is 35.7. The maximum absolute atomic E-state index is 12.7. The van der Waals surface area contributed by atoms with Crippen LogP contribution in [0, 0.1) is 6.92 Å². The van der Waals surface area contributed by atoms with Crippen LogP contribution in [0.25, 0.3) is 16.3 Å². The summed E-state index contributed by atoms with van der Waals surface area (Å²) in [6, 6.07) is 1.49. The number of halogens is 4. The smallest absolute Gasteiger partial charge is 0.274 e. The second-order valence-corrected chi connectivity index (χ2v) is 7.58. The minimum absolute atomic E-state index is 0.146. The van der Waals surface area contributed by atoms with Gasteiger partial charge in [0.15, 0.2) is 10.8 Å². The number of hydrogen-bond donors (Lipinski definition) is 0. The molecule has 0 bridgehead atoms.